The van der Waals surface area contributed by atoms with E-state index in [-0.39, 0.29) is 12.8 Å². The van der Waals surface area contributed by atoms with Gasteiger partial charge in [-0.2, -0.15) is 0 Å². The van der Waals surface area contributed by atoms with Crippen molar-refractivity contribution in [2.75, 3.05) is 0 Å². The number of carboxylic acids is 2. The minimum atomic E-state index is -1.62. The van der Waals surface area contributed by atoms with E-state index in [2.05, 4.69) is 0 Å². The first-order valence-corrected chi connectivity index (χ1v) is 8.49. The standard InChI is InChI=1S/C20H19NO5/c21-20(19(24)25,16-8-15(16)18(22)23)9-11-5-3-7-14-13-6-2-1-4-12(13)10-26-17(11)14/h1-7,10,15-17H,8-9,21H2,(H,22,23)(H,24,25)/t15-,16-,17?,20-/m0/s1. The molecule has 1 aliphatic heterocycles. The molecule has 3 aliphatic rings. The first-order chi connectivity index (χ1) is 12.4. The monoisotopic (exact) mass is 353 g/mol. The lowest BCUT2D eigenvalue weighted by Crippen LogP contribution is -2.52. The van der Waals surface area contributed by atoms with E-state index in [0.717, 1.165) is 21.6 Å². The number of carboxylic acid groups (broad SMARTS) is 2. The van der Waals surface area contributed by atoms with E-state index in [9.17, 15) is 14.7 Å². The van der Waals surface area contributed by atoms with E-state index in [4.69, 9.17) is 15.6 Å². The summed E-state index contributed by atoms with van der Waals surface area (Å²) in [5.41, 5.74) is 6.30. The minimum absolute atomic E-state index is 0.0469. The number of carbonyl (C=O) groups is 2. The molecule has 1 fully saturated rings. The molecule has 134 valence electrons. The molecule has 4 rings (SSSR count). The Morgan fingerprint density at radius 3 is 2.73 bits per heavy atom. The summed E-state index contributed by atoms with van der Waals surface area (Å²) in [6.07, 6.45) is 7.24. The predicted octanol–water partition coefficient (Wildman–Crippen LogP) is 0.363. The van der Waals surface area contributed by atoms with Crippen LogP contribution in [0, 0.1) is 11.8 Å². The van der Waals surface area contributed by atoms with Crippen LogP contribution in [0.4, 0.5) is 0 Å². The van der Waals surface area contributed by atoms with Crippen molar-refractivity contribution in [3.8, 4) is 0 Å². The number of nitrogens with two attached hydrogens (primary N) is 1. The van der Waals surface area contributed by atoms with E-state index in [1.54, 1.807) is 6.26 Å². The van der Waals surface area contributed by atoms with Crippen molar-refractivity contribution < 1.29 is 24.5 Å². The van der Waals surface area contributed by atoms with Crippen LogP contribution in [-0.2, 0) is 14.3 Å². The molecule has 1 unspecified atom stereocenters. The Morgan fingerprint density at radius 2 is 2.04 bits per heavy atom. The molecule has 1 aromatic carbocycles. The summed E-state index contributed by atoms with van der Waals surface area (Å²) in [6.45, 7) is 0. The van der Waals surface area contributed by atoms with Gasteiger partial charge in [0.15, 0.2) is 0 Å². The zero-order chi connectivity index (χ0) is 18.5. The van der Waals surface area contributed by atoms with Gasteiger partial charge in [-0.3, -0.25) is 9.59 Å². The molecular weight excluding hydrogens is 334 g/mol. The van der Waals surface area contributed by atoms with Crippen LogP contribution in [0.5, 0.6) is 0 Å². The van der Waals surface area contributed by atoms with Crippen molar-refractivity contribution in [2.45, 2.75) is 24.5 Å². The average molecular weight is 353 g/mol. The second kappa shape index (κ2) is 5.85. The van der Waals surface area contributed by atoms with Gasteiger partial charge >= 0.3 is 11.9 Å². The summed E-state index contributed by atoms with van der Waals surface area (Å²) in [5, 5.41) is 20.9. The first-order valence-electron chi connectivity index (χ1n) is 8.49. The van der Waals surface area contributed by atoms with Crippen molar-refractivity contribution >= 4 is 23.8 Å². The minimum Gasteiger partial charge on any atom is -0.488 e. The molecule has 4 atom stereocenters. The van der Waals surface area contributed by atoms with Gasteiger partial charge in [0, 0.05) is 23.1 Å². The van der Waals surface area contributed by atoms with Gasteiger partial charge < -0.3 is 20.7 Å². The Bertz CT molecular complexity index is 976. The highest BCUT2D eigenvalue weighted by Gasteiger charge is 2.58. The zero-order valence-corrected chi connectivity index (χ0v) is 14.0. The van der Waals surface area contributed by atoms with Gasteiger partial charge in [-0.15, -0.1) is 0 Å². The molecule has 0 aromatic heterocycles. The Hall–Kier alpha value is -2.86. The largest absolute Gasteiger partial charge is 0.488 e. The average Bonchev–Trinajstić information content (AvgIpc) is 3.43. The predicted molar refractivity (Wildman–Crippen MR) is 94.1 cm³/mol. The summed E-state index contributed by atoms with van der Waals surface area (Å²) < 4.78 is 5.87. The summed E-state index contributed by atoms with van der Waals surface area (Å²) in [6, 6.07) is 7.83. The second-order valence-corrected chi connectivity index (χ2v) is 7.09. The van der Waals surface area contributed by atoms with Gasteiger partial charge in [0.2, 0.25) is 0 Å². The topological polar surface area (TPSA) is 110 Å². The number of hydrogen-bond acceptors (Lipinski definition) is 4. The van der Waals surface area contributed by atoms with Gasteiger partial charge in [0.25, 0.3) is 0 Å². The molecule has 1 saturated carbocycles. The Kier molecular flexibility index (Phi) is 3.73. The van der Waals surface area contributed by atoms with E-state index >= 15 is 0 Å². The molecule has 1 aromatic rings. The fourth-order valence-corrected chi connectivity index (χ4v) is 3.94. The number of rotatable bonds is 5. The van der Waals surface area contributed by atoms with E-state index in [1.165, 1.54) is 0 Å². The lowest BCUT2D eigenvalue weighted by molar-refractivity contribution is -0.145. The first kappa shape index (κ1) is 16.6. The van der Waals surface area contributed by atoms with Crippen LogP contribution in [0.1, 0.15) is 12.8 Å². The van der Waals surface area contributed by atoms with Crippen LogP contribution in [0.3, 0.4) is 0 Å². The third kappa shape index (κ3) is 2.54. The smallest absolute Gasteiger partial charge is 0.324 e. The van der Waals surface area contributed by atoms with E-state index in [1.807, 2.05) is 42.5 Å². The molecule has 1 heterocycles. The van der Waals surface area contributed by atoms with Gasteiger partial charge in [0.05, 0.1) is 12.2 Å². The Balaban J connectivity index is 1.68. The van der Waals surface area contributed by atoms with E-state index < -0.39 is 35.4 Å². The van der Waals surface area contributed by atoms with Crippen LogP contribution in [-0.4, -0.2) is 33.8 Å². The third-order valence-electron chi connectivity index (χ3n) is 5.47. The van der Waals surface area contributed by atoms with Crippen molar-refractivity contribution in [1.29, 1.82) is 0 Å². The fourth-order valence-electron chi connectivity index (χ4n) is 3.94. The number of benzene rings is 1. The SMILES string of the molecule is N[C@](CC1=CC=CC2=c3ccccc3=COC12)(C(=O)O)[C@H]1C[C@@H]1C(=O)O. The molecule has 6 nitrogen and oxygen atoms in total. The highest BCUT2D eigenvalue weighted by molar-refractivity contribution is 5.84. The van der Waals surface area contributed by atoms with Crippen molar-refractivity contribution in [3.63, 3.8) is 0 Å². The highest BCUT2D eigenvalue weighted by atomic mass is 16.5. The van der Waals surface area contributed by atoms with Gasteiger partial charge in [-0.1, -0.05) is 42.5 Å². The second-order valence-electron chi connectivity index (χ2n) is 7.09. The van der Waals surface area contributed by atoms with Crippen molar-refractivity contribution in [3.05, 3.63) is 58.5 Å². The number of aliphatic carboxylic acids is 2. The summed E-state index contributed by atoms with van der Waals surface area (Å²) in [5.74, 6) is -3.44. The molecule has 0 bridgehead atoms. The number of fused-ring (bicyclic) bond motifs is 2. The molecule has 0 spiro atoms. The molecule has 6 heteroatoms. The van der Waals surface area contributed by atoms with Crippen molar-refractivity contribution in [1.82, 2.24) is 0 Å². The Morgan fingerprint density at radius 1 is 1.27 bits per heavy atom. The van der Waals surface area contributed by atoms with Crippen LogP contribution in [0.2, 0.25) is 0 Å². The normalized spacial score (nSPS) is 27.8. The molecule has 2 aliphatic carbocycles. The van der Waals surface area contributed by atoms with Crippen LogP contribution >= 0.6 is 0 Å². The third-order valence-corrected chi connectivity index (χ3v) is 5.47. The van der Waals surface area contributed by atoms with Crippen LogP contribution in [0.15, 0.2) is 48.1 Å². The maximum Gasteiger partial charge on any atom is 0.324 e. The maximum atomic E-state index is 11.9. The number of hydrogen-bond donors (Lipinski definition) is 3. The summed E-state index contributed by atoms with van der Waals surface area (Å²) in [7, 11) is 0. The lowest BCUT2D eigenvalue weighted by atomic mass is 9.80. The maximum absolute atomic E-state index is 11.9. The molecule has 0 saturated heterocycles. The number of ether oxygens (including phenoxy) is 1. The van der Waals surface area contributed by atoms with Crippen LogP contribution in [0.25, 0.3) is 11.8 Å². The molecule has 26 heavy (non-hydrogen) atoms. The lowest BCUT2D eigenvalue weighted by Gasteiger charge is -2.32. The number of allylic oxidation sites excluding steroid dienone is 2. The van der Waals surface area contributed by atoms with Crippen molar-refractivity contribution in [2.24, 2.45) is 17.6 Å². The fraction of sp³-hybridized carbons (Fsp3) is 0.300. The molecule has 4 N–H and O–H groups in total. The summed E-state index contributed by atoms with van der Waals surface area (Å²) in [4.78, 5) is 23.1. The highest BCUT2D eigenvalue weighted by Crippen LogP contribution is 2.48. The summed E-state index contributed by atoms with van der Waals surface area (Å²) >= 11 is 0. The molecular formula is C20H19NO5. The zero-order valence-electron chi connectivity index (χ0n) is 14.0. The Labute approximate surface area is 149 Å². The van der Waals surface area contributed by atoms with E-state index in [0.29, 0.717) is 0 Å². The van der Waals surface area contributed by atoms with Gasteiger partial charge in [-0.25, -0.2) is 0 Å². The molecule has 0 amide bonds. The van der Waals surface area contributed by atoms with Gasteiger partial charge in [-0.05, 0) is 17.2 Å². The molecule has 0 radical (unpaired) electrons. The van der Waals surface area contributed by atoms with Gasteiger partial charge in [0.1, 0.15) is 11.6 Å². The van der Waals surface area contributed by atoms with Crippen LogP contribution < -0.4 is 16.2 Å². The quantitative estimate of drug-likeness (QED) is 0.705.